The third-order valence-electron chi connectivity index (χ3n) is 6.30. The summed E-state index contributed by atoms with van der Waals surface area (Å²) in [6.45, 7) is 0. The number of thioether (sulfide) groups is 1. The Kier molecular flexibility index (Phi) is 9.46. The standard InChI is InChI=1S/C31H28N2O4S2/c34-28(23-13-5-1-6-14-23)32-30(37)33(38)27(29(35)36)21-22-39-31(24-15-7-2-8-16-24,25-17-9-3-10-18-25)26-19-11-4-12-20-26/h1-20,27,38H,21-22H2,(H,35,36)(H,32,34,37)/t27-/m0/s1. The lowest BCUT2D eigenvalue weighted by Gasteiger charge is -2.36. The summed E-state index contributed by atoms with van der Waals surface area (Å²) < 4.78 is 0.152. The summed E-state index contributed by atoms with van der Waals surface area (Å²) in [6, 6.07) is 36.3. The molecule has 6 nitrogen and oxygen atoms in total. The van der Waals surface area contributed by atoms with Crippen molar-refractivity contribution in [2.75, 3.05) is 5.75 Å². The Morgan fingerprint density at radius 2 is 1.15 bits per heavy atom. The van der Waals surface area contributed by atoms with Gasteiger partial charge in [-0.15, -0.1) is 11.8 Å². The molecule has 0 radical (unpaired) electrons. The minimum Gasteiger partial charge on any atom is -0.480 e. The summed E-state index contributed by atoms with van der Waals surface area (Å²) in [5, 5.41) is 12.2. The molecular formula is C31H28N2O4S2. The summed E-state index contributed by atoms with van der Waals surface area (Å²) in [4.78, 5) is 37.4. The number of aliphatic carboxylic acids is 1. The van der Waals surface area contributed by atoms with E-state index < -0.39 is 28.7 Å². The van der Waals surface area contributed by atoms with Crippen LogP contribution in [0, 0.1) is 0 Å². The molecule has 0 fully saturated rings. The monoisotopic (exact) mass is 556 g/mol. The molecular weight excluding hydrogens is 528 g/mol. The van der Waals surface area contributed by atoms with Crippen molar-refractivity contribution in [1.82, 2.24) is 9.62 Å². The fourth-order valence-corrected chi connectivity index (χ4v) is 6.22. The molecule has 3 amide bonds. The van der Waals surface area contributed by atoms with Gasteiger partial charge >= 0.3 is 12.0 Å². The lowest BCUT2D eigenvalue weighted by atomic mass is 9.84. The summed E-state index contributed by atoms with van der Waals surface area (Å²) in [5.41, 5.74) is 3.43. The van der Waals surface area contributed by atoms with Crippen LogP contribution in [0.3, 0.4) is 0 Å². The minimum absolute atomic E-state index is 0.102. The molecule has 0 unspecified atom stereocenters. The molecule has 2 N–H and O–H groups in total. The molecule has 4 aromatic carbocycles. The number of imide groups is 1. The maximum Gasteiger partial charge on any atom is 0.334 e. The summed E-state index contributed by atoms with van der Waals surface area (Å²) >= 11 is 5.77. The number of rotatable bonds is 10. The summed E-state index contributed by atoms with van der Waals surface area (Å²) in [7, 11) is 0. The van der Waals surface area contributed by atoms with Crippen molar-refractivity contribution in [1.29, 1.82) is 0 Å². The van der Waals surface area contributed by atoms with E-state index in [1.165, 1.54) is 0 Å². The number of benzene rings is 4. The summed E-state index contributed by atoms with van der Waals surface area (Å²) in [5.74, 6) is -1.46. The van der Waals surface area contributed by atoms with Crippen molar-refractivity contribution in [2.45, 2.75) is 17.2 Å². The van der Waals surface area contributed by atoms with E-state index in [-0.39, 0.29) is 12.0 Å². The third kappa shape index (κ3) is 6.53. The fraction of sp³-hybridized carbons (Fsp3) is 0.129. The predicted molar refractivity (Wildman–Crippen MR) is 158 cm³/mol. The van der Waals surface area contributed by atoms with Crippen molar-refractivity contribution >= 4 is 42.5 Å². The highest BCUT2D eigenvalue weighted by Crippen LogP contribution is 2.48. The zero-order chi connectivity index (χ0) is 27.7. The predicted octanol–water partition coefficient (Wildman–Crippen LogP) is 6.25. The quantitative estimate of drug-likeness (QED) is 0.159. The van der Waals surface area contributed by atoms with Gasteiger partial charge in [0, 0.05) is 5.56 Å². The maximum absolute atomic E-state index is 12.7. The molecule has 0 aromatic heterocycles. The second-order valence-electron chi connectivity index (χ2n) is 8.74. The molecule has 0 aliphatic carbocycles. The number of urea groups is 1. The van der Waals surface area contributed by atoms with Crippen LogP contribution in [-0.2, 0) is 9.54 Å². The lowest BCUT2D eigenvalue weighted by Crippen LogP contribution is -2.46. The van der Waals surface area contributed by atoms with E-state index in [0.29, 0.717) is 5.75 Å². The number of thiol groups is 1. The molecule has 0 aliphatic heterocycles. The minimum atomic E-state index is -1.26. The van der Waals surface area contributed by atoms with Crippen LogP contribution in [0.5, 0.6) is 0 Å². The van der Waals surface area contributed by atoms with Crippen LogP contribution in [0.2, 0.25) is 0 Å². The van der Waals surface area contributed by atoms with Gasteiger partial charge in [0.2, 0.25) is 0 Å². The van der Waals surface area contributed by atoms with Crippen molar-refractivity contribution in [3.63, 3.8) is 0 Å². The van der Waals surface area contributed by atoms with E-state index in [0.717, 1.165) is 21.0 Å². The first-order chi connectivity index (χ1) is 18.9. The number of carboxylic acids is 1. The SMILES string of the molecule is O=C(NC(=O)N(S)[C@@H](CCSC(c1ccccc1)(c1ccccc1)c1ccccc1)C(=O)O)c1ccccc1. The van der Waals surface area contributed by atoms with E-state index in [2.05, 4.69) is 54.5 Å². The van der Waals surface area contributed by atoms with Crippen molar-refractivity contribution < 1.29 is 19.5 Å². The van der Waals surface area contributed by atoms with E-state index in [1.54, 1.807) is 42.1 Å². The molecule has 8 heteroatoms. The Bertz CT molecular complexity index is 1290. The Morgan fingerprint density at radius 3 is 1.56 bits per heavy atom. The number of nitrogens with zero attached hydrogens (tertiary/aromatic N) is 1. The van der Waals surface area contributed by atoms with Crippen molar-refractivity contribution in [3.8, 4) is 0 Å². The number of carboxylic acid groups (broad SMARTS) is 1. The Hall–Kier alpha value is -4.01. The number of amides is 3. The fourth-order valence-electron chi connectivity index (χ4n) is 4.40. The normalized spacial score (nSPS) is 11.8. The van der Waals surface area contributed by atoms with E-state index >= 15 is 0 Å². The third-order valence-corrected chi connectivity index (χ3v) is 8.34. The molecule has 198 valence electrons. The van der Waals surface area contributed by atoms with Gasteiger partial charge in [-0.1, -0.05) is 122 Å². The average molecular weight is 557 g/mol. The number of nitrogens with one attached hydrogen (secondary N) is 1. The molecule has 0 spiro atoms. The van der Waals surface area contributed by atoms with Gasteiger partial charge in [0.15, 0.2) is 0 Å². The highest BCUT2D eigenvalue weighted by atomic mass is 32.2. The zero-order valence-corrected chi connectivity index (χ0v) is 22.7. The van der Waals surface area contributed by atoms with E-state index in [1.807, 2.05) is 54.6 Å². The van der Waals surface area contributed by atoms with Gasteiger partial charge in [0.1, 0.15) is 6.04 Å². The highest BCUT2D eigenvalue weighted by molar-refractivity contribution is 8.00. The first-order valence-corrected chi connectivity index (χ1v) is 13.7. The number of carbonyl (C=O) groups excluding carboxylic acids is 2. The number of hydrogen-bond donors (Lipinski definition) is 3. The van der Waals surface area contributed by atoms with Crippen LogP contribution in [0.15, 0.2) is 121 Å². The average Bonchev–Trinajstić information content (AvgIpc) is 2.98. The van der Waals surface area contributed by atoms with Gasteiger partial charge < -0.3 is 5.11 Å². The summed E-state index contributed by atoms with van der Waals surface area (Å²) in [6.07, 6.45) is 0.102. The molecule has 39 heavy (non-hydrogen) atoms. The Labute approximate surface area is 237 Å². The lowest BCUT2D eigenvalue weighted by molar-refractivity contribution is -0.140. The van der Waals surface area contributed by atoms with Gasteiger partial charge in [0.25, 0.3) is 5.91 Å². The largest absolute Gasteiger partial charge is 0.480 e. The first-order valence-electron chi connectivity index (χ1n) is 12.4. The number of carbonyl (C=O) groups is 3. The van der Waals surface area contributed by atoms with Gasteiger partial charge in [-0.05, 0) is 41.0 Å². The van der Waals surface area contributed by atoms with Crippen LogP contribution >= 0.6 is 24.6 Å². The molecule has 0 saturated carbocycles. The molecule has 4 rings (SSSR count). The van der Waals surface area contributed by atoms with Crippen LogP contribution in [0.25, 0.3) is 0 Å². The van der Waals surface area contributed by atoms with E-state index in [4.69, 9.17) is 0 Å². The molecule has 0 saturated heterocycles. The van der Waals surface area contributed by atoms with Gasteiger partial charge in [-0.3, -0.25) is 14.4 Å². The first kappa shape index (κ1) is 28.0. The van der Waals surface area contributed by atoms with Gasteiger partial charge in [0.05, 0.1) is 4.75 Å². The van der Waals surface area contributed by atoms with Gasteiger partial charge in [-0.2, -0.15) is 0 Å². The van der Waals surface area contributed by atoms with Crippen molar-refractivity contribution in [2.24, 2.45) is 0 Å². The van der Waals surface area contributed by atoms with Crippen LogP contribution in [-0.4, -0.2) is 39.1 Å². The molecule has 0 heterocycles. The van der Waals surface area contributed by atoms with E-state index in [9.17, 15) is 19.5 Å². The molecule has 0 aliphatic rings. The van der Waals surface area contributed by atoms with Gasteiger partial charge in [-0.25, -0.2) is 9.59 Å². The second-order valence-corrected chi connectivity index (χ2v) is 10.5. The smallest absolute Gasteiger partial charge is 0.334 e. The molecule has 1 atom stereocenters. The van der Waals surface area contributed by atoms with Crippen LogP contribution in [0.1, 0.15) is 33.5 Å². The Morgan fingerprint density at radius 1 is 0.744 bits per heavy atom. The number of hydrogen-bond acceptors (Lipinski definition) is 5. The highest BCUT2D eigenvalue weighted by Gasteiger charge is 2.38. The van der Waals surface area contributed by atoms with Crippen molar-refractivity contribution in [3.05, 3.63) is 144 Å². The second kappa shape index (κ2) is 13.2. The molecule has 0 bridgehead atoms. The topological polar surface area (TPSA) is 86.7 Å². The molecule has 4 aromatic rings. The van der Waals surface area contributed by atoms with Crippen LogP contribution < -0.4 is 5.32 Å². The zero-order valence-electron chi connectivity index (χ0n) is 21.0. The van der Waals surface area contributed by atoms with Crippen LogP contribution in [0.4, 0.5) is 4.79 Å². The maximum atomic E-state index is 12.7. The Balaban J connectivity index is 1.58.